The van der Waals surface area contributed by atoms with Crippen LogP contribution in [-0.4, -0.2) is 14.7 Å². The Morgan fingerprint density at radius 2 is 2.08 bits per heavy atom. The molecular weight excluding hydrogens is 208 g/mol. The fourth-order valence-electron chi connectivity index (χ4n) is 1.04. The summed E-state index contributed by atoms with van der Waals surface area (Å²) in [7, 11) is -3.40. The molecule has 1 aromatic heterocycles. The van der Waals surface area contributed by atoms with Crippen LogP contribution in [-0.2, 0) is 19.9 Å². The average Bonchev–Trinajstić information content (AvgIpc) is 2.29. The van der Waals surface area contributed by atoms with Crippen molar-refractivity contribution >= 4 is 21.5 Å². The van der Waals surface area contributed by atoms with Crippen molar-refractivity contribution in [3.8, 4) is 0 Å². The molecule has 13 heavy (non-hydrogen) atoms. The maximum absolute atomic E-state index is 10.9. The van der Waals surface area contributed by atoms with Gasteiger partial charge in [-0.15, -0.1) is 11.3 Å². The summed E-state index contributed by atoms with van der Waals surface area (Å²) in [5.41, 5.74) is -0.762. The van der Waals surface area contributed by atoms with E-state index in [2.05, 4.69) is 0 Å². The summed E-state index contributed by atoms with van der Waals surface area (Å²) >= 11 is 1.48. The monoisotopic (exact) mass is 220 g/mol. The maximum Gasteiger partial charge on any atom is 0.265 e. The van der Waals surface area contributed by atoms with Gasteiger partial charge in [0.05, 0.1) is 6.26 Å². The highest BCUT2D eigenvalue weighted by Crippen LogP contribution is 2.29. The molecule has 0 bridgehead atoms. The van der Waals surface area contributed by atoms with Crippen molar-refractivity contribution in [1.82, 2.24) is 0 Å². The number of hydrogen-bond acceptors (Lipinski definition) is 4. The highest BCUT2D eigenvalue weighted by Gasteiger charge is 2.27. The summed E-state index contributed by atoms with van der Waals surface area (Å²) in [5, 5.41) is 1.89. The van der Waals surface area contributed by atoms with E-state index in [1.807, 2.05) is 17.5 Å². The van der Waals surface area contributed by atoms with Crippen LogP contribution in [0.3, 0.4) is 0 Å². The summed E-state index contributed by atoms with van der Waals surface area (Å²) in [6.45, 7) is 3.47. The van der Waals surface area contributed by atoms with Gasteiger partial charge in [-0.25, -0.2) is 0 Å². The molecule has 0 fully saturated rings. The van der Waals surface area contributed by atoms with Crippen LogP contribution in [0.5, 0.6) is 0 Å². The average molecular weight is 220 g/mol. The van der Waals surface area contributed by atoms with Gasteiger partial charge < -0.3 is 0 Å². The first-order chi connectivity index (χ1) is 5.81. The molecule has 0 aliphatic rings. The fourth-order valence-corrected chi connectivity index (χ4v) is 2.73. The summed E-state index contributed by atoms with van der Waals surface area (Å²) in [5.74, 6) is 0. The molecule has 0 aromatic carbocycles. The van der Waals surface area contributed by atoms with Crippen LogP contribution in [0.15, 0.2) is 17.5 Å². The quantitative estimate of drug-likeness (QED) is 0.731. The van der Waals surface area contributed by atoms with E-state index in [1.54, 1.807) is 13.8 Å². The second-order valence-electron chi connectivity index (χ2n) is 3.28. The Labute approximate surface area is 82.5 Å². The SMILES string of the molecule is CC(C)(OS(C)(=O)=O)c1cccs1. The van der Waals surface area contributed by atoms with Crippen LogP contribution in [0.2, 0.25) is 0 Å². The smallest absolute Gasteiger partial charge is 0.259 e. The van der Waals surface area contributed by atoms with E-state index in [0.717, 1.165) is 11.1 Å². The number of hydrogen-bond donors (Lipinski definition) is 0. The number of rotatable bonds is 3. The second kappa shape index (κ2) is 3.40. The van der Waals surface area contributed by atoms with Crippen LogP contribution in [0.1, 0.15) is 18.7 Å². The van der Waals surface area contributed by atoms with Crippen molar-refractivity contribution in [2.24, 2.45) is 0 Å². The molecule has 0 spiro atoms. The van der Waals surface area contributed by atoms with Crippen LogP contribution >= 0.6 is 11.3 Å². The van der Waals surface area contributed by atoms with Gasteiger partial charge in [0.2, 0.25) is 0 Å². The van der Waals surface area contributed by atoms with Gasteiger partial charge in [-0.1, -0.05) is 6.07 Å². The van der Waals surface area contributed by atoms with Crippen molar-refractivity contribution in [2.75, 3.05) is 6.26 Å². The van der Waals surface area contributed by atoms with Crippen molar-refractivity contribution in [3.05, 3.63) is 22.4 Å². The molecule has 0 atom stereocenters. The Hall–Kier alpha value is -0.390. The second-order valence-corrected chi connectivity index (χ2v) is 5.80. The topological polar surface area (TPSA) is 43.4 Å². The lowest BCUT2D eigenvalue weighted by Gasteiger charge is -2.21. The minimum absolute atomic E-state index is 0.762. The van der Waals surface area contributed by atoms with Gasteiger partial charge in [-0.2, -0.15) is 8.42 Å². The largest absolute Gasteiger partial charge is 0.265 e. The molecule has 74 valence electrons. The van der Waals surface area contributed by atoms with E-state index < -0.39 is 15.7 Å². The molecule has 1 aromatic rings. The first kappa shape index (κ1) is 10.7. The Kier molecular flexibility index (Phi) is 2.79. The van der Waals surface area contributed by atoms with Crippen molar-refractivity contribution in [2.45, 2.75) is 19.4 Å². The lowest BCUT2D eigenvalue weighted by atomic mass is 10.1. The lowest BCUT2D eigenvalue weighted by Crippen LogP contribution is -2.23. The van der Waals surface area contributed by atoms with Crippen LogP contribution in [0, 0.1) is 0 Å². The molecule has 0 aliphatic heterocycles. The minimum atomic E-state index is -3.40. The maximum atomic E-state index is 10.9. The third-order valence-electron chi connectivity index (χ3n) is 1.47. The highest BCUT2D eigenvalue weighted by atomic mass is 32.2. The van der Waals surface area contributed by atoms with Crippen molar-refractivity contribution < 1.29 is 12.6 Å². The molecular formula is C8H12O3S2. The molecule has 0 saturated heterocycles. The Morgan fingerprint density at radius 3 is 2.46 bits per heavy atom. The summed E-state index contributed by atoms with van der Waals surface area (Å²) < 4.78 is 26.8. The Bertz CT molecular complexity index is 362. The molecule has 5 heteroatoms. The zero-order valence-electron chi connectivity index (χ0n) is 7.77. The molecule has 0 amide bonds. The van der Waals surface area contributed by atoms with E-state index >= 15 is 0 Å². The summed E-state index contributed by atoms with van der Waals surface area (Å²) in [4.78, 5) is 0.901. The Morgan fingerprint density at radius 1 is 1.46 bits per heavy atom. The molecule has 0 unspecified atom stereocenters. The van der Waals surface area contributed by atoms with Crippen LogP contribution in [0.25, 0.3) is 0 Å². The number of thiophene rings is 1. The zero-order valence-corrected chi connectivity index (χ0v) is 9.41. The fraction of sp³-hybridized carbons (Fsp3) is 0.500. The molecule has 0 aliphatic carbocycles. The normalized spacial score (nSPS) is 13.2. The van der Waals surface area contributed by atoms with E-state index in [9.17, 15) is 8.42 Å². The first-order valence-electron chi connectivity index (χ1n) is 3.76. The van der Waals surface area contributed by atoms with Crippen molar-refractivity contribution in [3.63, 3.8) is 0 Å². The van der Waals surface area contributed by atoms with E-state index in [-0.39, 0.29) is 0 Å². The van der Waals surface area contributed by atoms with E-state index in [0.29, 0.717) is 0 Å². The van der Waals surface area contributed by atoms with Gasteiger partial charge in [0.25, 0.3) is 10.1 Å². The molecule has 0 saturated carbocycles. The summed E-state index contributed by atoms with van der Waals surface area (Å²) in [6, 6.07) is 3.73. The van der Waals surface area contributed by atoms with Crippen molar-refractivity contribution in [1.29, 1.82) is 0 Å². The molecule has 3 nitrogen and oxygen atoms in total. The van der Waals surface area contributed by atoms with Gasteiger partial charge in [0, 0.05) is 4.88 Å². The standard InChI is InChI=1S/C8H12O3S2/c1-8(2,11-13(3,9)10)7-5-4-6-12-7/h4-6H,1-3H3. The predicted octanol–water partition coefficient (Wildman–Crippen LogP) is 1.96. The molecule has 1 heterocycles. The van der Waals surface area contributed by atoms with E-state index in [1.165, 1.54) is 11.3 Å². The molecule has 1 rings (SSSR count). The third-order valence-corrected chi connectivity index (χ3v) is 3.37. The van der Waals surface area contributed by atoms with Crippen LogP contribution < -0.4 is 0 Å². The van der Waals surface area contributed by atoms with Gasteiger partial charge in [0.1, 0.15) is 5.60 Å². The molecule has 0 radical (unpaired) electrons. The zero-order chi connectivity index (χ0) is 10.1. The van der Waals surface area contributed by atoms with Gasteiger partial charge >= 0.3 is 0 Å². The van der Waals surface area contributed by atoms with Gasteiger partial charge in [-0.05, 0) is 25.3 Å². The van der Waals surface area contributed by atoms with Gasteiger partial charge in [-0.3, -0.25) is 4.18 Å². The molecule has 0 N–H and O–H groups in total. The first-order valence-corrected chi connectivity index (χ1v) is 6.45. The predicted molar refractivity (Wildman–Crippen MR) is 53.3 cm³/mol. The summed E-state index contributed by atoms with van der Waals surface area (Å²) in [6.07, 6.45) is 1.06. The highest BCUT2D eigenvalue weighted by molar-refractivity contribution is 7.86. The van der Waals surface area contributed by atoms with E-state index in [4.69, 9.17) is 4.18 Å². The Balaban J connectivity index is 2.91. The van der Waals surface area contributed by atoms with Gasteiger partial charge in [0.15, 0.2) is 0 Å². The third kappa shape index (κ3) is 3.10. The van der Waals surface area contributed by atoms with Crippen LogP contribution in [0.4, 0.5) is 0 Å². The minimum Gasteiger partial charge on any atom is -0.259 e. The lowest BCUT2D eigenvalue weighted by molar-refractivity contribution is 0.123.